The first-order valence-electron chi connectivity index (χ1n) is 9.28. The van der Waals surface area contributed by atoms with Gasteiger partial charge in [0.25, 0.3) is 0 Å². The molecule has 1 aromatic heterocycles. The molecule has 0 bridgehead atoms. The number of hydrogen-bond donors (Lipinski definition) is 0. The molecule has 0 atom stereocenters. The van der Waals surface area contributed by atoms with Gasteiger partial charge in [0.2, 0.25) is 5.69 Å². The SMILES string of the molecule is [2H]c1cc([2H])c(C)c(-c2c3ccc(CC(C)C)cc3cc(C)[n+]2C)c1. The Kier molecular flexibility index (Phi) is 3.56. The van der Waals surface area contributed by atoms with Crippen molar-refractivity contribution in [1.29, 1.82) is 0 Å². The van der Waals surface area contributed by atoms with Crippen LogP contribution in [0.1, 0.15) is 33.4 Å². The number of rotatable bonds is 3. The summed E-state index contributed by atoms with van der Waals surface area (Å²) < 4.78 is 18.4. The van der Waals surface area contributed by atoms with Crippen LogP contribution in [0.2, 0.25) is 0 Å². The first kappa shape index (κ1) is 13.3. The lowest BCUT2D eigenvalue weighted by Gasteiger charge is -2.11. The molecule has 1 heteroatoms. The van der Waals surface area contributed by atoms with Crippen molar-refractivity contribution in [3.8, 4) is 11.3 Å². The van der Waals surface area contributed by atoms with Gasteiger partial charge in [0.15, 0.2) is 5.69 Å². The van der Waals surface area contributed by atoms with E-state index in [0.717, 1.165) is 23.2 Å². The summed E-state index contributed by atoms with van der Waals surface area (Å²) in [6, 6.07) is 13.2. The molecule has 0 fully saturated rings. The highest BCUT2D eigenvalue weighted by atomic mass is 14.9. The van der Waals surface area contributed by atoms with E-state index in [4.69, 9.17) is 2.74 Å². The van der Waals surface area contributed by atoms with E-state index >= 15 is 0 Å². The summed E-state index contributed by atoms with van der Waals surface area (Å²) in [5.74, 6) is 0.631. The fraction of sp³-hybridized carbons (Fsp3) is 0.318. The number of fused-ring (bicyclic) bond motifs is 1. The summed E-state index contributed by atoms with van der Waals surface area (Å²) in [5, 5.41) is 2.40. The van der Waals surface area contributed by atoms with Gasteiger partial charge in [-0.2, -0.15) is 4.57 Å². The van der Waals surface area contributed by atoms with E-state index in [1.807, 2.05) is 13.0 Å². The van der Waals surface area contributed by atoms with E-state index in [2.05, 4.69) is 56.7 Å². The van der Waals surface area contributed by atoms with Crippen LogP contribution in [0.25, 0.3) is 22.0 Å². The Hall–Kier alpha value is -2.15. The maximum Gasteiger partial charge on any atom is 0.220 e. The first-order chi connectivity index (χ1) is 11.8. The predicted molar refractivity (Wildman–Crippen MR) is 98.6 cm³/mol. The summed E-state index contributed by atoms with van der Waals surface area (Å²) in [7, 11) is 2.06. The Morgan fingerprint density at radius 3 is 2.65 bits per heavy atom. The monoisotopic (exact) mass is 306 g/mol. The molecular formula is C22H26N+. The quantitative estimate of drug-likeness (QED) is 0.589. The molecule has 0 saturated carbocycles. The van der Waals surface area contributed by atoms with Crippen LogP contribution in [0.15, 0.2) is 48.5 Å². The lowest BCUT2D eigenvalue weighted by molar-refractivity contribution is -0.665. The lowest BCUT2D eigenvalue weighted by Crippen LogP contribution is -2.35. The smallest absolute Gasteiger partial charge is 0.198 e. The third-order valence-corrected chi connectivity index (χ3v) is 4.50. The molecule has 23 heavy (non-hydrogen) atoms. The molecule has 2 aromatic carbocycles. The molecule has 118 valence electrons. The van der Waals surface area contributed by atoms with Crippen molar-refractivity contribution in [3.05, 3.63) is 65.3 Å². The van der Waals surface area contributed by atoms with Crippen molar-refractivity contribution in [1.82, 2.24) is 0 Å². The van der Waals surface area contributed by atoms with Gasteiger partial charge >= 0.3 is 0 Å². The van der Waals surface area contributed by atoms with Crippen molar-refractivity contribution in [2.24, 2.45) is 13.0 Å². The highest BCUT2D eigenvalue weighted by Crippen LogP contribution is 2.29. The third kappa shape index (κ3) is 3.01. The number of aryl methyl sites for hydroxylation is 1. The van der Waals surface area contributed by atoms with Gasteiger partial charge in [-0.25, -0.2) is 0 Å². The number of pyridine rings is 1. The van der Waals surface area contributed by atoms with Gasteiger partial charge < -0.3 is 0 Å². The van der Waals surface area contributed by atoms with Crippen LogP contribution in [0.4, 0.5) is 0 Å². The zero-order chi connectivity index (χ0) is 18.3. The Morgan fingerprint density at radius 1 is 1.13 bits per heavy atom. The minimum absolute atomic E-state index is 0.386. The molecule has 1 nitrogen and oxygen atoms in total. The molecule has 0 saturated heterocycles. The van der Waals surface area contributed by atoms with Gasteiger partial charge in [0.05, 0.1) is 8.13 Å². The summed E-state index contributed by atoms with van der Waals surface area (Å²) in [6.45, 7) is 8.56. The molecule has 0 radical (unpaired) electrons. The number of aromatic nitrogens is 1. The molecular weight excluding hydrogens is 278 g/mol. The highest BCUT2D eigenvalue weighted by molar-refractivity contribution is 5.94. The summed E-state index contributed by atoms with van der Waals surface area (Å²) >= 11 is 0. The minimum atomic E-state index is 0.386. The molecule has 0 aliphatic rings. The molecule has 0 unspecified atom stereocenters. The van der Waals surface area contributed by atoms with E-state index in [0.29, 0.717) is 18.0 Å². The van der Waals surface area contributed by atoms with E-state index in [-0.39, 0.29) is 0 Å². The highest BCUT2D eigenvalue weighted by Gasteiger charge is 2.19. The molecule has 0 aliphatic heterocycles. The van der Waals surface area contributed by atoms with Crippen LogP contribution < -0.4 is 4.57 Å². The number of benzene rings is 2. The largest absolute Gasteiger partial charge is 0.220 e. The van der Waals surface area contributed by atoms with Gasteiger partial charge in [-0.1, -0.05) is 44.1 Å². The third-order valence-electron chi connectivity index (χ3n) is 4.50. The van der Waals surface area contributed by atoms with E-state index in [9.17, 15) is 0 Å². The molecule has 1 heterocycles. The zero-order valence-electron chi connectivity index (χ0n) is 16.7. The van der Waals surface area contributed by atoms with Crippen LogP contribution in [0.5, 0.6) is 0 Å². The zero-order valence-corrected chi connectivity index (χ0v) is 14.7. The van der Waals surface area contributed by atoms with Crippen LogP contribution in [0.3, 0.4) is 0 Å². The van der Waals surface area contributed by atoms with Gasteiger partial charge in [-0.3, -0.25) is 0 Å². The normalized spacial score (nSPS) is 12.6. The van der Waals surface area contributed by atoms with Gasteiger partial charge in [0.1, 0.15) is 7.05 Å². The summed E-state index contributed by atoms with van der Waals surface area (Å²) in [6.07, 6.45) is 1.07. The van der Waals surface area contributed by atoms with Crippen molar-refractivity contribution >= 4 is 10.8 Å². The second kappa shape index (κ2) is 6.16. The Bertz CT molecular complexity index is 958. The van der Waals surface area contributed by atoms with Crippen LogP contribution in [-0.4, -0.2) is 0 Å². The average Bonchev–Trinajstić information content (AvgIpc) is 2.52. The maximum atomic E-state index is 8.16. The summed E-state index contributed by atoms with van der Waals surface area (Å²) in [5.41, 5.74) is 5.51. The number of nitrogens with zero attached hydrogens (tertiary/aromatic N) is 1. The van der Waals surface area contributed by atoms with Gasteiger partial charge in [-0.05, 0) is 47.9 Å². The molecule has 0 spiro atoms. The second-order valence-corrected chi connectivity index (χ2v) is 6.85. The Labute approximate surface area is 142 Å². The second-order valence-electron chi connectivity index (χ2n) is 6.85. The fourth-order valence-corrected chi connectivity index (χ4v) is 3.26. The Morgan fingerprint density at radius 2 is 1.91 bits per heavy atom. The molecule has 0 amide bonds. The predicted octanol–water partition coefficient (Wildman–Crippen LogP) is 5.15. The Balaban J connectivity index is 2.33. The van der Waals surface area contributed by atoms with E-state index in [1.54, 1.807) is 6.07 Å². The standard InChI is InChI=1S/C22H26N/c1-15(2)12-18-10-11-21-19(14-18)13-17(4)23(5)22(21)20-9-7-6-8-16(20)3/h6-11,13-15H,12H2,1-5H3/q+1/i7D,8D. The maximum absolute atomic E-state index is 8.16. The van der Waals surface area contributed by atoms with E-state index in [1.165, 1.54) is 22.0 Å². The van der Waals surface area contributed by atoms with Gasteiger partial charge in [-0.15, -0.1) is 0 Å². The average molecular weight is 306 g/mol. The van der Waals surface area contributed by atoms with Crippen LogP contribution in [-0.2, 0) is 13.5 Å². The van der Waals surface area contributed by atoms with Crippen LogP contribution >= 0.6 is 0 Å². The number of hydrogen-bond acceptors (Lipinski definition) is 0. The van der Waals surface area contributed by atoms with E-state index < -0.39 is 0 Å². The van der Waals surface area contributed by atoms with Crippen molar-refractivity contribution < 1.29 is 7.31 Å². The minimum Gasteiger partial charge on any atom is -0.198 e. The van der Waals surface area contributed by atoms with Crippen LogP contribution in [0, 0.1) is 19.8 Å². The molecule has 3 rings (SSSR count). The van der Waals surface area contributed by atoms with Gasteiger partial charge in [0, 0.05) is 18.6 Å². The van der Waals surface area contributed by atoms with Crippen molar-refractivity contribution in [3.63, 3.8) is 0 Å². The fourth-order valence-electron chi connectivity index (χ4n) is 3.26. The lowest BCUT2D eigenvalue weighted by atomic mass is 9.95. The van der Waals surface area contributed by atoms with Crippen molar-refractivity contribution in [2.75, 3.05) is 0 Å². The topological polar surface area (TPSA) is 3.88 Å². The first-order valence-corrected chi connectivity index (χ1v) is 8.28. The molecule has 0 N–H and O–H groups in total. The van der Waals surface area contributed by atoms with Crippen molar-refractivity contribution in [2.45, 2.75) is 34.1 Å². The molecule has 0 aliphatic carbocycles. The molecule has 3 aromatic rings. The summed E-state index contributed by atoms with van der Waals surface area (Å²) in [4.78, 5) is 0.